The Kier molecular flexibility index (Phi) is 4.80. The summed E-state index contributed by atoms with van der Waals surface area (Å²) < 4.78 is 1.67. The number of thioether (sulfide) groups is 1. The molecule has 1 unspecified atom stereocenters. The fourth-order valence-electron chi connectivity index (χ4n) is 1.70. The van der Waals surface area contributed by atoms with Crippen LogP contribution >= 0.6 is 11.8 Å². The van der Waals surface area contributed by atoms with E-state index >= 15 is 0 Å². The quantitative estimate of drug-likeness (QED) is 0.797. The van der Waals surface area contributed by atoms with Gasteiger partial charge in [-0.05, 0) is 27.0 Å². The van der Waals surface area contributed by atoms with Crippen LogP contribution in [0.25, 0.3) is 0 Å². The van der Waals surface area contributed by atoms with Gasteiger partial charge >= 0.3 is 0 Å². The molecule has 0 aliphatic heterocycles. The topological polar surface area (TPSA) is 77.0 Å². The number of carbonyl (C=O) groups is 1. The second kappa shape index (κ2) is 5.90. The first-order chi connectivity index (χ1) is 8.06. The van der Waals surface area contributed by atoms with Crippen molar-refractivity contribution in [2.45, 2.75) is 32.0 Å². The zero-order chi connectivity index (χ0) is 13.0. The molecule has 0 aliphatic carbocycles. The Morgan fingerprint density at radius 2 is 2.06 bits per heavy atom. The van der Waals surface area contributed by atoms with E-state index in [0.29, 0.717) is 18.2 Å². The maximum Gasteiger partial charge on any atom is 0.245 e. The van der Waals surface area contributed by atoms with Crippen molar-refractivity contribution in [3.05, 3.63) is 0 Å². The minimum absolute atomic E-state index is 0.0387. The third-order valence-corrected chi connectivity index (χ3v) is 3.34. The largest absolute Gasteiger partial charge is 0.368 e. The van der Waals surface area contributed by atoms with Crippen molar-refractivity contribution in [3.8, 4) is 0 Å². The third-order valence-electron chi connectivity index (χ3n) is 2.69. The average molecular weight is 257 g/mol. The smallest absolute Gasteiger partial charge is 0.245 e. The molecule has 1 aromatic heterocycles. The van der Waals surface area contributed by atoms with Gasteiger partial charge in [-0.2, -0.15) is 0 Å². The molecule has 1 amide bonds. The molecular weight excluding hydrogens is 238 g/mol. The van der Waals surface area contributed by atoms with Crippen molar-refractivity contribution >= 4 is 23.6 Å². The minimum Gasteiger partial charge on any atom is -0.368 e. The van der Waals surface area contributed by atoms with Crippen LogP contribution in [-0.4, -0.2) is 44.9 Å². The normalized spacial score (nSPS) is 12.5. The third kappa shape index (κ3) is 2.71. The van der Waals surface area contributed by atoms with Gasteiger partial charge < -0.3 is 10.6 Å². The zero-order valence-corrected chi connectivity index (χ0v) is 11.5. The predicted octanol–water partition coefficient (Wildman–Crippen LogP) is 1.01. The van der Waals surface area contributed by atoms with Crippen molar-refractivity contribution in [1.82, 2.24) is 19.7 Å². The number of rotatable bonds is 5. The molecule has 0 bridgehead atoms. The van der Waals surface area contributed by atoms with Crippen LogP contribution in [0.3, 0.4) is 0 Å². The number of hydrogen-bond acceptors (Lipinski definition) is 5. The van der Waals surface area contributed by atoms with Crippen molar-refractivity contribution in [2.75, 3.05) is 25.1 Å². The molecule has 1 rings (SSSR count). The van der Waals surface area contributed by atoms with E-state index in [1.165, 1.54) is 11.8 Å². The van der Waals surface area contributed by atoms with Crippen LogP contribution < -0.4 is 5.73 Å². The number of aromatic nitrogens is 3. The molecule has 96 valence electrons. The molecule has 7 heteroatoms. The summed E-state index contributed by atoms with van der Waals surface area (Å²) in [5.41, 5.74) is 5.74. The van der Waals surface area contributed by atoms with Crippen molar-refractivity contribution in [3.63, 3.8) is 0 Å². The Labute approximate surface area is 106 Å². The van der Waals surface area contributed by atoms with Gasteiger partial charge in [-0.15, -0.1) is 10.2 Å². The lowest BCUT2D eigenvalue weighted by Crippen LogP contribution is -2.36. The van der Waals surface area contributed by atoms with Crippen LogP contribution in [0.5, 0.6) is 0 Å². The maximum atomic E-state index is 12.2. The van der Waals surface area contributed by atoms with Gasteiger partial charge in [0.05, 0.1) is 0 Å². The standard InChI is InChI=1S/C10H19N5OS/c1-5-14(6-2)8(16)7(3)15-9(11)12-13-10(15)17-4/h7H,5-6H2,1-4H3,(H2,11,12). The van der Waals surface area contributed by atoms with Crippen LogP contribution in [0.15, 0.2) is 5.16 Å². The van der Waals surface area contributed by atoms with Gasteiger partial charge in [0.15, 0.2) is 5.16 Å². The summed E-state index contributed by atoms with van der Waals surface area (Å²) in [6.45, 7) is 7.12. The van der Waals surface area contributed by atoms with Gasteiger partial charge in [0.25, 0.3) is 0 Å². The first kappa shape index (κ1) is 13.8. The molecule has 1 atom stereocenters. The van der Waals surface area contributed by atoms with Gasteiger partial charge in [-0.1, -0.05) is 11.8 Å². The van der Waals surface area contributed by atoms with Crippen LogP contribution in [0.2, 0.25) is 0 Å². The van der Waals surface area contributed by atoms with Crippen molar-refractivity contribution in [1.29, 1.82) is 0 Å². The molecular formula is C10H19N5OS. The number of nitrogen functional groups attached to an aromatic ring is 1. The van der Waals surface area contributed by atoms with Crippen LogP contribution in [0.4, 0.5) is 5.95 Å². The second-order valence-corrected chi connectivity index (χ2v) is 4.37. The van der Waals surface area contributed by atoms with Crippen LogP contribution in [-0.2, 0) is 4.79 Å². The Morgan fingerprint density at radius 1 is 1.47 bits per heavy atom. The molecule has 6 nitrogen and oxygen atoms in total. The van der Waals surface area contributed by atoms with Crippen LogP contribution in [0, 0.1) is 0 Å². The Morgan fingerprint density at radius 3 is 2.53 bits per heavy atom. The highest BCUT2D eigenvalue weighted by Gasteiger charge is 2.24. The number of nitrogens with zero attached hydrogens (tertiary/aromatic N) is 4. The molecule has 0 fully saturated rings. The van der Waals surface area contributed by atoms with Crippen molar-refractivity contribution in [2.24, 2.45) is 0 Å². The summed E-state index contributed by atoms with van der Waals surface area (Å²) in [5, 5.41) is 8.39. The fourth-order valence-corrected chi connectivity index (χ4v) is 2.27. The summed E-state index contributed by atoms with van der Waals surface area (Å²) in [7, 11) is 0. The maximum absolute atomic E-state index is 12.2. The molecule has 0 saturated carbocycles. The minimum atomic E-state index is -0.368. The van der Waals surface area contributed by atoms with Gasteiger partial charge in [0.1, 0.15) is 6.04 Å². The predicted molar refractivity (Wildman–Crippen MR) is 68.9 cm³/mol. The van der Waals surface area contributed by atoms with E-state index in [4.69, 9.17) is 5.73 Å². The number of hydrogen-bond donors (Lipinski definition) is 1. The van der Waals surface area contributed by atoms with E-state index in [0.717, 1.165) is 0 Å². The number of carbonyl (C=O) groups excluding carboxylic acids is 1. The van der Waals surface area contributed by atoms with Crippen LogP contribution in [0.1, 0.15) is 26.8 Å². The van der Waals surface area contributed by atoms with Gasteiger partial charge in [0.2, 0.25) is 11.9 Å². The van der Waals surface area contributed by atoms with Gasteiger partial charge in [0, 0.05) is 13.1 Å². The highest BCUT2D eigenvalue weighted by molar-refractivity contribution is 7.98. The number of nitrogens with two attached hydrogens (primary N) is 1. The van der Waals surface area contributed by atoms with E-state index < -0.39 is 0 Å². The van der Waals surface area contributed by atoms with Gasteiger partial charge in [-0.3, -0.25) is 9.36 Å². The average Bonchev–Trinajstić information content (AvgIpc) is 2.70. The number of likely N-dealkylation sites (N-methyl/N-ethyl adjacent to an activating group) is 1. The molecule has 1 heterocycles. The first-order valence-corrected chi connectivity index (χ1v) is 6.82. The summed E-state index contributed by atoms with van der Waals surface area (Å²) in [5.74, 6) is 0.319. The molecule has 0 spiro atoms. The van der Waals surface area contributed by atoms with E-state index in [-0.39, 0.29) is 17.9 Å². The Bertz CT molecular complexity index is 388. The molecule has 2 N–H and O–H groups in total. The lowest BCUT2D eigenvalue weighted by Gasteiger charge is -2.24. The molecule has 0 saturated heterocycles. The molecule has 1 aromatic rings. The lowest BCUT2D eigenvalue weighted by atomic mass is 10.3. The summed E-state index contributed by atoms with van der Waals surface area (Å²) in [4.78, 5) is 14.0. The molecule has 0 radical (unpaired) electrons. The molecule has 0 aliphatic rings. The summed E-state index contributed by atoms with van der Waals surface area (Å²) in [6, 6.07) is -0.368. The summed E-state index contributed by atoms with van der Waals surface area (Å²) in [6.07, 6.45) is 1.88. The fraction of sp³-hybridized carbons (Fsp3) is 0.700. The first-order valence-electron chi connectivity index (χ1n) is 5.59. The Hall–Kier alpha value is -1.24. The van der Waals surface area contributed by atoms with Gasteiger partial charge in [-0.25, -0.2) is 0 Å². The molecule has 17 heavy (non-hydrogen) atoms. The zero-order valence-electron chi connectivity index (χ0n) is 10.7. The van der Waals surface area contributed by atoms with E-state index in [1.54, 1.807) is 9.47 Å². The molecule has 0 aromatic carbocycles. The lowest BCUT2D eigenvalue weighted by molar-refractivity contribution is -0.134. The second-order valence-electron chi connectivity index (χ2n) is 3.60. The monoisotopic (exact) mass is 257 g/mol. The highest BCUT2D eigenvalue weighted by atomic mass is 32.2. The van der Waals surface area contributed by atoms with Crippen molar-refractivity contribution < 1.29 is 4.79 Å². The van der Waals surface area contributed by atoms with E-state index in [9.17, 15) is 4.79 Å². The number of amides is 1. The summed E-state index contributed by atoms with van der Waals surface area (Å²) >= 11 is 1.43. The Balaban J connectivity index is 2.99. The number of anilines is 1. The van der Waals surface area contributed by atoms with E-state index in [2.05, 4.69) is 10.2 Å². The highest BCUT2D eigenvalue weighted by Crippen LogP contribution is 2.22. The SMILES string of the molecule is CCN(CC)C(=O)C(C)n1c(N)nnc1SC. The van der Waals surface area contributed by atoms with E-state index in [1.807, 2.05) is 27.0 Å².